The van der Waals surface area contributed by atoms with E-state index in [2.05, 4.69) is 5.32 Å². The average Bonchev–Trinajstić information content (AvgIpc) is 2.72. The molecule has 0 atom stereocenters. The summed E-state index contributed by atoms with van der Waals surface area (Å²) in [6.07, 6.45) is -4.75. The smallest absolute Gasteiger partial charge is 0.324 e. The average molecular weight is 503 g/mol. The lowest BCUT2D eigenvalue weighted by Crippen LogP contribution is -2.38. The first-order chi connectivity index (χ1) is 15.0. The Morgan fingerprint density at radius 3 is 2.25 bits per heavy atom. The molecule has 0 aliphatic carbocycles. The molecule has 0 bridgehead atoms. The number of amides is 1. The highest BCUT2D eigenvalue weighted by Crippen LogP contribution is 2.37. The highest BCUT2D eigenvalue weighted by Gasteiger charge is 2.34. The SMILES string of the molecule is O=C(CN(c1cc(C(F)(F)F)ccc1Cl)S(=O)(=O)c1ccccc1)Nc1cccc(Cl)c1. The van der Waals surface area contributed by atoms with Gasteiger partial charge < -0.3 is 5.32 Å². The van der Waals surface area contributed by atoms with Crippen LogP contribution in [0.5, 0.6) is 0 Å². The lowest BCUT2D eigenvalue weighted by Gasteiger charge is -2.26. The van der Waals surface area contributed by atoms with E-state index < -0.39 is 39.9 Å². The summed E-state index contributed by atoms with van der Waals surface area (Å²) in [5, 5.41) is 2.54. The molecular weight excluding hydrogens is 488 g/mol. The van der Waals surface area contributed by atoms with Gasteiger partial charge in [0.15, 0.2) is 0 Å². The first-order valence-electron chi connectivity index (χ1n) is 8.98. The van der Waals surface area contributed by atoms with Crippen molar-refractivity contribution < 1.29 is 26.4 Å². The fourth-order valence-corrected chi connectivity index (χ4v) is 4.71. The van der Waals surface area contributed by atoms with Gasteiger partial charge in [0.1, 0.15) is 6.54 Å². The minimum absolute atomic E-state index is 0.218. The molecule has 0 aromatic heterocycles. The first-order valence-corrected chi connectivity index (χ1v) is 11.2. The van der Waals surface area contributed by atoms with E-state index in [1.54, 1.807) is 18.2 Å². The van der Waals surface area contributed by atoms with Crippen LogP contribution in [0.15, 0.2) is 77.7 Å². The van der Waals surface area contributed by atoms with E-state index in [0.29, 0.717) is 15.4 Å². The fourth-order valence-electron chi connectivity index (χ4n) is 2.80. The number of carbonyl (C=O) groups is 1. The van der Waals surface area contributed by atoms with Gasteiger partial charge in [-0.1, -0.05) is 47.5 Å². The molecule has 0 aliphatic rings. The Labute approximate surface area is 192 Å². The van der Waals surface area contributed by atoms with Gasteiger partial charge in [0.2, 0.25) is 5.91 Å². The fraction of sp³-hybridized carbons (Fsp3) is 0.0952. The third kappa shape index (κ3) is 5.53. The molecule has 0 fully saturated rings. The third-order valence-electron chi connectivity index (χ3n) is 4.27. The van der Waals surface area contributed by atoms with Crippen molar-refractivity contribution in [2.24, 2.45) is 0 Å². The molecule has 3 rings (SSSR count). The number of hydrogen-bond acceptors (Lipinski definition) is 3. The van der Waals surface area contributed by atoms with Crippen molar-refractivity contribution in [1.82, 2.24) is 0 Å². The third-order valence-corrected chi connectivity index (χ3v) is 6.60. The number of nitrogens with zero attached hydrogens (tertiary/aromatic N) is 1. The summed E-state index contributed by atoms with van der Waals surface area (Å²) in [4.78, 5) is 12.4. The number of benzene rings is 3. The molecule has 5 nitrogen and oxygen atoms in total. The highest BCUT2D eigenvalue weighted by molar-refractivity contribution is 7.92. The molecule has 0 spiro atoms. The maximum atomic E-state index is 13.3. The van der Waals surface area contributed by atoms with E-state index >= 15 is 0 Å². The Kier molecular flexibility index (Phi) is 7.02. The number of alkyl halides is 3. The van der Waals surface area contributed by atoms with Crippen molar-refractivity contribution >= 4 is 50.5 Å². The molecule has 0 radical (unpaired) electrons. The van der Waals surface area contributed by atoms with Crippen molar-refractivity contribution in [3.8, 4) is 0 Å². The molecule has 0 saturated heterocycles. The van der Waals surface area contributed by atoms with Crippen molar-refractivity contribution in [3.63, 3.8) is 0 Å². The van der Waals surface area contributed by atoms with E-state index in [9.17, 15) is 26.4 Å². The van der Waals surface area contributed by atoms with Crippen LogP contribution >= 0.6 is 23.2 Å². The Morgan fingerprint density at radius 1 is 0.938 bits per heavy atom. The Hall–Kier alpha value is -2.75. The van der Waals surface area contributed by atoms with E-state index in [1.807, 2.05) is 0 Å². The molecule has 0 aliphatic heterocycles. The largest absolute Gasteiger partial charge is 0.416 e. The van der Waals surface area contributed by atoms with E-state index in [1.165, 1.54) is 36.4 Å². The second-order valence-electron chi connectivity index (χ2n) is 6.55. The zero-order valence-corrected chi connectivity index (χ0v) is 18.4. The number of sulfonamides is 1. The Bertz CT molecular complexity index is 1240. The van der Waals surface area contributed by atoms with E-state index in [4.69, 9.17) is 23.2 Å². The number of halogens is 5. The van der Waals surface area contributed by atoms with Crippen molar-refractivity contribution in [2.75, 3.05) is 16.2 Å². The van der Waals surface area contributed by atoms with Gasteiger partial charge >= 0.3 is 6.18 Å². The number of anilines is 2. The van der Waals surface area contributed by atoms with Gasteiger partial charge in [0.25, 0.3) is 10.0 Å². The maximum Gasteiger partial charge on any atom is 0.416 e. The van der Waals surface area contributed by atoms with E-state index in [-0.39, 0.29) is 15.6 Å². The minimum Gasteiger partial charge on any atom is -0.324 e. The highest BCUT2D eigenvalue weighted by atomic mass is 35.5. The van der Waals surface area contributed by atoms with Gasteiger partial charge in [-0.05, 0) is 48.5 Å². The van der Waals surface area contributed by atoms with Gasteiger partial charge in [0.05, 0.1) is 21.2 Å². The summed E-state index contributed by atoms with van der Waals surface area (Å²) in [5.41, 5.74) is -1.30. The molecular formula is C21H15Cl2F3N2O3S. The van der Waals surface area contributed by atoms with Crippen molar-refractivity contribution in [3.05, 3.63) is 88.4 Å². The van der Waals surface area contributed by atoms with Gasteiger partial charge in [0, 0.05) is 10.7 Å². The lowest BCUT2D eigenvalue weighted by molar-refractivity contribution is -0.137. The first kappa shape index (κ1) is 23.9. The zero-order chi connectivity index (χ0) is 23.5. The normalized spacial score (nSPS) is 11.8. The number of hydrogen-bond donors (Lipinski definition) is 1. The van der Waals surface area contributed by atoms with Crippen LogP contribution in [0.3, 0.4) is 0 Å². The van der Waals surface area contributed by atoms with Crippen LogP contribution in [0.4, 0.5) is 24.5 Å². The topological polar surface area (TPSA) is 66.5 Å². The number of nitrogens with one attached hydrogen (secondary N) is 1. The van der Waals surface area contributed by atoms with Crippen LogP contribution in [0.25, 0.3) is 0 Å². The second kappa shape index (κ2) is 9.40. The van der Waals surface area contributed by atoms with Crippen molar-refractivity contribution in [1.29, 1.82) is 0 Å². The van der Waals surface area contributed by atoms with Crippen LogP contribution in [-0.4, -0.2) is 20.9 Å². The maximum absolute atomic E-state index is 13.3. The summed E-state index contributed by atoms with van der Waals surface area (Å²) in [5.74, 6) is -0.805. The monoisotopic (exact) mass is 502 g/mol. The zero-order valence-electron chi connectivity index (χ0n) is 16.1. The standard InChI is InChI=1S/C21H15Cl2F3N2O3S/c22-15-5-4-6-16(12-15)27-20(29)13-28(32(30,31)17-7-2-1-3-8-17)19-11-14(21(24,25)26)9-10-18(19)23/h1-12H,13H2,(H,27,29). The summed E-state index contributed by atoms with van der Waals surface area (Å²) in [7, 11) is -4.44. The number of rotatable bonds is 6. The summed E-state index contributed by atoms with van der Waals surface area (Å²) in [6, 6.07) is 15.4. The summed E-state index contributed by atoms with van der Waals surface area (Å²) < 4.78 is 66.9. The molecule has 3 aromatic rings. The Balaban J connectivity index is 2.06. The number of carbonyl (C=O) groups excluding carboxylic acids is 1. The Morgan fingerprint density at radius 2 is 1.62 bits per heavy atom. The second-order valence-corrected chi connectivity index (χ2v) is 9.25. The molecule has 32 heavy (non-hydrogen) atoms. The lowest BCUT2D eigenvalue weighted by atomic mass is 10.2. The molecule has 1 amide bonds. The predicted octanol–water partition coefficient (Wildman–Crippen LogP) is 5.85. The predicted molar refractivity (Wildman–Crippen MR) is 118 cm³/mol. The molecule has 11 heteroatoms. The van der Waals surface area contributed by atoms with Gasteiger partial charge in [-0.2, -0.15) is 13.2 Å². The molecule has 0 unspecified atom stereocenters. The molecule has 3 aromatic carbocycles. The molecule has 0 heterocycles. The minimum atomic E-state index is -4.75. The van der Waals surface area contributed by atoms with Crippen LogP contribution in [0, 0.1) is 0 Å². The van der Waals surface area contributed by atoms with Gasteiger partial charge in [-0.15, -0.1) is 0 Å². The summed E-state index contributed by atoms with van der Waals surface area (Å²) in [6.45, 7) is -0.829. The van der Waals surface area contributed by atoms with Gasteiger partial charge in [-0.25, -0.2) is 8.42 Å². The molecule has 1 N–H and O–H groups in total. The van der Waals surface area contributed by atoms with Crippen LogP contribution < -0.4 is 9.62 Å². The van der Waals surface area contributed by atoms with Crippen LogP contribution in [0.2, 0.25) is 10.0 Å². The van der Waals surface area contributed by atoms with Crippen molar-refractivity contribution in [2.45, 2.75) is 11.1 Å². The quantitative estimate of drug-likeness (QED) is 0.459. The van der Waals surface area contributed by atoms with Gasteiger partial charge in [-0.3, -0.25) is 9.10 Å². The molecule has 168 valence electrons. The van der Waals surface area contributed by atoms with Crippen LogP contribution in [-0.2, 0) is 21.0 Å². The molecule has 0 saturated carbocycles. The van der Waals surface area contributed by atoms with E-state index in [0.717, 1.165) is 12.1 Å². The van der Waals surface area contributed by atoms with Crippen LogP contribution in [0.1, 0.15) is 5.56 Å². The summed E-state index contributed by atoms with van der Waals surface area (Å²) >= 11 is 12.0.